The first-order valence-electron chi connectivity index (χ1n) is 5.75. The van der Waals surface area contributed by atoms with Crippen LogP contribution in [-0.2, 0) is 10.0 Å². The molecule has 0 aliphatic heterocycles. The van der Waals surface area contributed by atoms with Crippen LogP contribution in [0.2, 0.25) is 5.02 Å². The molecule has 1 aliphatic carbocycles. The smallest absolute Gasteiger partial charge is 0.258 e. The normalized spacial score (nSPS) is 22.2. The molecule has 1 N–H and O–H groups in total. The molecule has 0 saturated heterocycles. The zero-order chi connectivity index (χ0) is 14.2. The van der Waals surface area contributed by atoms with E-state index in [2.05, 4.69) is 4.72 Å². The van der Waals surface area contributed by atoms with E-state index in [9.17, 15) is 18.5 Å². The first-order valence-corrected chi connectivity index (χ1v) is 7.61. The van der Waals surface area contributed by atoms with Crippen LogP contribution in [0.25, 0.3) is 0 Å². The zero-order valence-electron chi connectivity index (χ0n) is 10.2. The van der Waals surface area contributed by atoms with Gasteiger partial charge in [-0.05, 0) is 30.4 Å². The van der Waals surface area contributed by atoms with Crippen molar-refractivity contribution in [2.45, 2.75) is 18.2 Å². The molecule has 2 unspecified atom stereocenters. The van der Waals surface area contributed by atoms with Crippen LogP contribution in [-0.4, -0.2) is 19.9 Å². The molecule has 19 heavy (non-hydrogen) atoms. The SMILES string of the molecule is CC1CC1CNS(=O)(=O)c1ccc(Cl)c([N+](=O)[O-])c1. The molecule has 1 aromatic carbocycles. The van der Waals surface area contributed by atoms with Gasteiger partial charge in [0.25, 0.3) is 5.69 Å². The van der Waals surface area contributed by atoms with Gasteiger partial charge in [0.15, 0.2) is 0 Å². The van der Waals surface area contributed by atoms with Crippen molar-refractivity contribution in [3.8, 4) is 0 Å². The van der Waals surface area contributed by atoms with Gasteiger partial charge in [0.05, 0.1) is 9.82 Å². The Bertz CT molecular complexity index is 617. The molecule has 8 heteroatoms. The molecule has 0 spiro atoms. The molecular formula is C11H13ClN2O4S. The van der Waals surface area contributed by atoms with Crippen molar-refractivity contribution in [1.82, 2.24) is 4.72 Å². The number of rotatable bonds is 5. The van der Waals surface area contributed by atoms with Gasteiger partial charge in [0.2, 0.25) is 10.0 Å². The largest absolute Gasteiger partial charge is 0.289 e. The number of benzene rings is 1. The van der Waals surface area contributed by atoms with Gasteiger partial charge in [0, 0.05) is 12.6 Å². The minimum absolute atomic E-state index is 0.0836. The lowest BCUT2D eigenvalue weighted by Crippen LogP contribution is -2.26. The summed E-state index contributed by atoms with van der Waals surface area (Å²) in [7, 11) is -3.72. The Hall–Kier alpha value is -1.18. The molecule has 1 aliphatic rings. The Kier molecular flexibility index (Phi) is 3.80. The van der Waals surface area contributed by atoms with Crippen LogP contribution < -0.4 is 4.72 Å². The van der Waals surface area contributed by atoms with Gasteiger partial charge in [-0.15, -0.1) is 0 Å². The summed E-state index contributed by atoms with van der Waals surface area (Å²) in [5.74, 6) is 0.888. The molecule has 2 atom stereocenters. The van der Waals surface area contributed by atoms with Crippen molar-refractivity contribution < 1.29 is 13.3 Å². The van der Waals surface area contributed by atoms with E-state index >= 15 is 0 Å². The maximum atomic E-state index is 12.0. The Balaban J connectivity index is 2.20. The predicted molar refractivity (Wildman–Crippen MR) is 70.6 cm³/mol. The second-order valence-corrected chi connectivity index (χ2v) is 6.87. The number of nitrogens with one attached hydrogen (secondary N) is 1. The minimum Gasteiger partial charge on any atom is -0.258 e. The first-order chi connectivity index (χ1) is 8.81. The third-order valence-corrected chi connectivity index (χ3v) is 4.98. The van der Waals surface area contributed by atoms with Gasteiger partial charge in [-0.25, -0.2) is 13.1 Å². The summed E-state index contributed by atoms with van der Waals surface area (Å²) in [6, 6.07) is 3.45. The van der Waals surface area contributed by atoms with Gasteiger partial charge >= 0.3 is 0 Å². The van der Waals surface area contributed by atoms with Crippen LogP contribution in [0.4, 0.5) is 5.69 Å². The number of hydrogen-bond acceptors (Lipinski definition) is 4. The van der Waals surface area contributed by atoms with Crippen LogP contribution in [0.5, 0.6) is 0 Å². The Morgan fingerprint density at radius 3 is 2.68 bits per heavy atom. The third-order valence-electron chi connectivity index (χ3n) is 3.24. The fourth-order valence-electron chi connectivity index (χ4n) is 1.78. The topological polar surface area (TPSA) is 89.3 Å². The van der Waals surface area contributed by atoms with Gasteiger partial charge in [0.1, 0.15) is 5.02 Å². The highest BCUT2D eigenvalue weighted by molar-refractivity contribution is 7.89. The van der Waals surface area contributed by atoms with Crippen LogP contribution >= 0.6 is 11.6 Å². The molecule has 0 bridgehead atoms. The van der Waals surface area contributed by atoms with Crippen LogP contribution in [0.1, 0.15) is 13.3 Å². The fourth-order valence-corrected chi connectivity index (χ4v) is 3.08. The lowest BCUT2D eigenvalue weighted by atomic mass is 10.3. The van der Waals surface area contributed by atoms with Crippen molar-refractivity contribution in [3.05, 3.63) is 33.3 Å². The quantitative estimate of drug-likeness (QED) is 0.667. The number of hydrogen-bond donors (Lipinski definition) is 1. The van der Waals surface area contributed by atoms with Crippen molar-refractivity contribution in [2.75, 3.05) is 6.54 Å². The number of sulfonamides is 1. The number of halogens is 1. The molecule has 6 nitrogen and oxygen atoms in total. The van der Waals surface area contributed by atoms with E-state index in [0.29, 0.717) is 18.4 Å². The monoisotopic (exact) mass is 304 g/mol. The van der Waals surface area contributed by atoms with Crippen molar-refractivity contribution in [3.63, 3.8) is 0 Å². The van der Waals surface area contributed by atoms with Crippen LogP contribution in [0.3, 0.4) is 0 Å². The Morgan fingerprint density at radius 2 is 2.16 bits per heavy atom. The number of nitro groups is 1. The van der Waals surface area contributed by atoms with E-state index in [0.717, 1.165) is 12.5 Å². The molecule has 0 amide bonds. The summed E-state index contributed by atoms with van der Waals surface area (Å²) in [6.45, 7) is 2.41. The third kappa shape index (κ3) is 3.23. The molecular weight excluding hydrogens is 292 g/mol. The van der Waals surface area contributed by atoms with E-state index in [1.165, 1.54) is 12.1 Å². The Morgan fingerprint density at radius 1 is 1.53 bits per heavy atom. The molecule has 0 heterocycles. The highest BCUT2D eigenvalue weighted by Crippen LogP contribution is 2.37. The van der Waals surface area contributed by atoms with Crippen molar-refractivity contribution in [1.29, 1.82) is 0 Å². The zero-order valence-corrected chi connectivity index (χ0v) is 11.7. The van der Waals surface area contributed by atoms with E-state index < -0.39 is 20.6 Å². The van der Waals surface area contributed by atoms with Crippen LogP contribution in [0, 0.1) is 22.0 Å². The molecule has 0 aromatic heterocycles. The van der Waals surface area contributed by atoms with E-state index in [4.69, 9.17) is 11.6 Å². The molecule has 0 radical (unpaired) electrons. The first kappa shape index (κ1) is 14.2. The second-order valence-electron chi connectivity index (χ2n) is 4.70. The second kappa shape index (κ2) is 5.07. The summed E-state index contributed by atoms with van der Waals surface area (Å²) < 4.78 is 26.4. The summed E-state index contributed by atoms with van der Waals surface area (Å²) in [5, 5.41) is 10.6. The minimum atomic E-state index is -3.72. The van der Waals surface area contributed by atoms with Crippen molar-refractivity contribution >= 4 is 27.3 Å². The average Bonchev–Trinajstić information content (AvgIpc) is 3.03. The van der Waals surface area contributed by atoms with E-state index in [-0.39, 0.29) is 9.92 Å². The lowest BCUT2D eigenvalue weighted by molar-refractivity contribution is -0.384. The van der Waals surface area contributed by atoms with E-state index in [1.54, 1.807) is 0 Å². The number of nitro benzene ring substituents is 1. The lowest BCUT2D eigenvalue weighted by Gasteiger charge is -2.06. The molecule has 1 saturated carbocycles. The summed E-state index contributed by atoms with van der Waals surface area (Å²) in [6.07, 6.45) is 1.00. The highest BCUT2D eigenvalue weighted by atomic mass is 35.5. The van der Waals surface area contributed by atoms with Crippen molar-refractivity contribution in [2.24, 2.45) is 11.8 Å². The maximum absolute atomic E-state index is 12.0. The van der Waals surface area contributed by atoms with Gasteiger partial charge in [-0.1, -0.05) is 18.5 Å². The standard InChI is InChI=1S/C11H13ClN2O4S/c1-7-4-8(7)6-13-19(17,18)9-2-3-10(12)11(5-9)14(15)16/h2-3,5,7-8,13H,4,6H2,1H3. The summed E-state index contributed by atoms with van der Waals surface area (Å²) >= 11 is 5.64. The molecule has 104 valence electrons. The molecule has 2 rings (SSSR count). The summed E-state index contributed by atoms with van der Waals surface area (Å²) in [5.41, 5.74) is -0.413. The van der Waals surface area contributed by atoms with Gasteiger partial charge < -0.3 is 0 Å². The molecule has 1 aromatic rings. The van der Waals surface area contributed by atoms with Gasteiger partial charge in [-0.2, -0.15) is 0 Å². The number of nitrogens with zero attached hydrogens (tertiary/aromatic N) is 1. The maximum Gasteiger partial charge on any atom is 0.289 e. The highest BCUT2D eigenvalue weighted by Gasteiger charge is 2.33. The fraction of sp³-hybridized carbons (Fsp3) is 0.455. The predicted octanol–water partition coefficient (Wildman–Crippen LogP) is 2.18. The van der Waals surface area contributed by atoms with E-state index in [1.807, 2.05) is 6.92 Å². The van der Waals surface area contributed by atoms with Crippen LogP contribution in [0.15, 0.2) is 23.1 Å². The Labute approximate surface area is 116 Å². The summed E-state index contributed by atoms with van der Waals surface area (Å²) in [4.78, 5) is 9.88. The average molecular weight is 305 g/mol. The molecule has 1 fully saturated rings. The van der Waals surface area contributed by atoms with Gasteiger partial charge in [-0.3, -0.25) is 10.1 Å².